The van der Waals surface area contributed by atoms with Crippen LogP contribution in [0.4, 0.5) is 10.1 Å². The SMILES string of the molecule is CCC(=O)N(c1ccccc1F)C1(c2nn[nH]n2)CCN(Cc2ccccc2)CC1. The normalized spacial score (nSPS) is 16.3. The number of tetrazole rings is 1. The van der Waals surface area contributed by atoms with Gasteiger partial charge in [-0.2, -0.15) is 5.21 Å². The van der Waals surface area contributed by atoms with Gasteiger partial charge >= 0.3 is 0 Å². The molecule has 0 saturated carbocycles. The molecule has 7 nitrogen and oxygen atoms in total. The van der Waals surface area contributed by atoms with E-state index < -0.39 is 11.4 Å². The number of aromatic amines is 1. The highest BCUT2D eigenvalue weighted by molar-refractivity contribution is 5.94. The van der Waals surface area contributed by atoms with Gasteiger partial charge < -0.3 is 0 Å². The lowest BCUT2D eigenvalue weighted by atomic mass is 9.83. The Morgan fingerprint density at radius 3 is 2.47 bits per heavy atom. The Kier molecular flexibility index (Phi) is 5.85. The van der Waals surface area contributed by atoms with Crippen molar-refractivity contribution in [2.45, 2.75) is 38.3 Å². The van der Waals surface area contributed by atoms with Gasteiger partial charge in [-0.05, 0) is 30.5 Å². The topological polar surface area (TPSA) is 78.0 Å². The number of nitrogens with one attached hydrogen (secondary N) is 1. The summed E-state index contributed by atoms with van der Waals surface area (Å²) in [7, 11) is 0. The summed E-state index contributed by atoms with van der Waals surface area (Å²) in [5, 5.41) is 14.7. The Labute approximate surface area is 174 Å². The molecule has 0 aliphatic carbocycles. The zero-order valence-electron chi connectivity index (χ0n) is 17.0. The zero-order valence-corrected chi connectivity index (χ0v) is 17.0. The molecule has 3 aromatic rings. The highest BCUT2D eigenvalue weighted by Gasteiger charge is 2.48. The average molecular weight is 408 g/mol. The van der Waals surface area contributed by atoms with E-state index in [1.807, 2.05) is 18.2 Å². The minimum atomic E-state index is -0.852. The molecule has 1 aliphatic heterocycles. The van der Waals surface area contributed by atoms with Gasteiger partial charge in [-0.3, -0.25) is 14.6 Å². The molecule has 156 valence electrons. The number of hydrogen-bond acceptors (Lipinski definition) is 5. The van der Waals surface area contributed by atoms with Crippen LogP contribution in [-0.2, 0) is 16.9 Å². The van der Waals surface area contributed by atoms with Crippen molar-refractivity contribution in [1.82, 2.24) is 25.5 Å². The second-order valence-electron chi connectivity index (χ2n) is 7.56. The number of likely N-dealkylation sites (tertiary alicyclic amines) is 1. The minimum Gasteiger partial charge on any atom is -0.299 e. The van der Waals surface area contributed by atoms with Crippen molar-refractivity contribution in [2.24, 2.45) is 0 Å². The number of anilines is 1. The summed E-state index contributed by atoms with van der Waals surface area (Å²) in [5.41, 5.74) is 0.640. The molecule has 30 heavy (non-hydrogen) atoms. The van der Waals surface area contributed by atoms with Crippen LogP contribution in [0.1, 0.15) is 37.6 Å². The molecule has 1 aliphatic rings. The second-order valence-corrected chi connectivity index (χ2v) is 7.56. The lowest BCUT2D eigenvalue weighted by Gasteiger charge is -2.46. The van der Waals surface area contributed by atoms with E-state index in [0.29, 0.717) is 18.7 Å². The van der Waals surface area contributed by atoms with Crippen molar-refractivity contribution < 1.29 is 9.18 Å². The molecule has 2 heterocycles. The van der Waals surface area contributed by atoms with Gasteiger partial charge in [0.25, 0.3) is 0 Å². The van der Waals surface area contributed by atoms with Gasteiger partial charge in [0, 0.05) is 26.1 Å². The first-order chi connectivity index (χ1) is 14.6. The van der Waals surface area contributed by atoms with Crippen molar-refractivity contribution in [3.8, 4) is 0 Å². The summed E-state index contributed by atoms with van der Waals surface area (Å²) in [5.74, 6) is -0.179. The van der Waals surface area contributed by atoms with Gasteiger partial charge in [-0.15, -0.1) is 10.2 Å². The number of rotatable bonds is 6. The monoisotopic (exact) mass is 408 g/mol. The molecule has 2 aromatic carbocycles. The summed E-state index contributed by atoms with van der Waals surface area (Å²) in [4.78, 5) is 17.0. The Morgan fingerprint density at radius 1 is 1.13 bits per heavy atom. The van der Waals surface area contributed by atoms with Crippen molar-refractivity contribution in [3.63, 3.8) is 0 Å². The number of nitrogens with zero attached hydrogens (tertiary/aromatic N) is 5. The molecule has 1 N–H and O–H groups in total. The van der Waals surface area contributed by atoms with Crippen LogP contribution < -0.4 is 4.90 Å². The van der Waals surface area contributed by atoms with Crippen LogP contribution in [0.5, 0.6) is 0 Å². The third-order valence-electron chi connectivity index (χ3n) is 5.77. The van der Waals surface area contributed by atoms with E-state index in [2.05, 4.69) is 37.7 Å². The minimum absolute atomic E-state index is 0.165. The van der Waals surface area contributed by atoms with E-state index in [9.17, 15) is 9.18 Å². The number of carbonyl (C=O) groups is 1. The number of para-hydroxylation sites is 1. The van der Waals surface area contributed by atoms with E-state index in [0.717, 1.165) is 19.6 Å². The van der Waals surface area contributed by atoms with Crippen LogP contribution in [0.15, 0.2) is 54.6 Å². The van der Waals surface area contributed by atoms with E-state index in [1.165, 1.54) is 11.6 Å². The molecule has 1 amide bonds. The number of amides is 1. The standard InChI is InChI=1S/C22H25FN6O/c1-2-20(30)29(19-11-7-6-10-18(19)23)22(21-24-26-27-25-21)12-14-28(15-13-22)16-17-8-4-3-5-9-17/h3-11H,2,12-16H2,1H3,(H,24,25,26,27). The van der Waals surface area contributed by atoms with Crippen LogP contribution in [0, 0.1) is 5.82 Å². The van der Waals surface area contributed by atoms with Crippen LogP contribution in [0.2, 0.25) is 0 Å². The maximum absolute atomic E-state index is 14.8. The van der Waals surface area contributed by atoms with Crippen LogP contribution >= 0.6 is 0 Å². The van der Waals surface area contributed by atoms with Gasteiger partial charge in [-0.25, -0.2) is 4.39 Å². The molecule has 0 radical (unpaired) electrons. The molecule has 4 rings (SSSR count). The highest BCUT2D eigenvalue weighted by Crippen LogP contribution is 2.41. The first-order valence-corrected chi connectivity index (χ1v) is 10.2. The van der Waals surface area contributed by atoms with E-state index in [1.54, 1.807) is 30.0 Å². The third-order valence-corrected chi connectivity index (χ3v) is 5.77. The number of H-pyrrole nitrogens is 1. The molecule has 0 atom stereocenters. The van der Waals surface area contributed by atoms with Crippen LogP contribution in [-0.4, -0.2) is 44.5 Å². The number of benzene rings is 2. The molecular weight excluding hydrogens is 383 g/mol. The first-order valence-electron chi connectivity index (χ1n) is 10.2. The summed E-state index contributed by atoms with van der Waals surface area (Å²) < 4.78 is 14.8. The fourth-order valence-electron chi connectivity index (χ4n) is 4.22. The maximum Gasteiger partial charge on any atom is 0.227 e. The van der Waals surface area contributed by atoms with Gasteiger partial charge in [0.2, 0.25) is 11.7 Å². The third kappa shape index (κ3) is 3.82. The van der Waals surface area contributed by atoms with Crippen molar-refractivity contribution in [1.29, 1.82) is 0 Å². The van der Waals surface area contributed by atoms with Crippen LogP contribution in [0.25, 0.3) is 0 Å². The summed E-state index contributed by atoms with van der Waals surface area (Å²) in [6.45, 7) is 4.06. The number of carbonyl (C=O) groups excluding carboxylic acids is 1. The highest BCUT2D eigenvalue weighted by atomic mass is 19.1. The lowest BCUT2D eigenvalue weighted by molar-refractivity contribution is -0.120. The summed E-state index contributed by atoms with van der Waals surface area (Å²) in [6, 6.07) is 16.6. The molecule has 1 saturated heterocycles. The first kappa shape index (κ1) is 20.2. The number of halogens is 1. The van der Waals surface area contributed by atoms with Crippen LogP contribution in [0.3, 0.4) is 0 Å². The predicted molar refractivity (Wildman–Crippen MR) is 111 cm³/mol. The summed E-state index contributed by atoms with van der Waals surface area (Å²) in [6.07, 6.45) is 1.42. The molecular formula is C22H25FN6O. The number of aromatic nitrogens is 4. The zero-order chi connectivity index (χ0) is 21.0. The smallest absolute Gasteiger partial charge is 0.227 e. The van der Waals surface area contributed by atoms with Gasteiger partial charge in [0.1, 0.15) is 11.4 Å². The molecule has 1 fully saturated rings. The second kappa shape index (κ2) is 8.71. The molecule has 8 heteroatoms. The molecule has 1 aromatic heterocycles. The van der Waals surface area contributed by atoms with Gasteiger partial charge in [-0.1, -0.05) is 54.6 Å². The van der Waals surface area contributed by atoms with Gasteiger partial charge in [0.15, 0.2) is 0 Å². The molecule has 0 spiro atoms. The predicted octanol–water partition coefficient (Wildman–Crippen LogP) is 3.27. The Hall–Kier alpha value is -3.13. The van der Waals surface area contributed by atoms with E-state index in [-0.39, 0.29) is 18.0 Å². The Balaban J connectivity index is 1.68. The van der Waals surface area contributed by atoms with Crippen molar-refractivity contribution >= 4 is 11.6 Å². The Bertz CT molecular complexity index is 970. The van der Waals surface area contributed by atoms with Crippen molar-refractivity contribution in [3.05, 3.63) is 71.8 Å². The number of piperidine rings is 1. The Morgan fingerprint density at radius 2 is 1.83 bits per heavy atom. The fourth-order valence-corrected chi connectivity index (χ4v) is 4.22. The van der Waals surface area contributed by atoms with E-state index >= 15 is 0 Å². The van der Waals surface area contributed by atoms with Gasteiger partial charge in [0.05, 0.1) is 5.69 Å². The quantitative estimate of drug-likeness (QED) is 0.677. The molecule has 0 bridgehead atoms. The van der Waals surface area contributed by atoms with E-state index in [4.69, 9.17) is 0 Å². The number of hydrogen-bond donors (Lipinski definition) is 1. The molecule has 0 unspecified atom stereocenters. The summed E-state index contributed by atoms with van der Waals surface area (Å²) >= 11 is 0. The fraction of sp³-hybridized carbons (Fsp3) is 0.364. The maximum atomic E-state index is 14.8. The lowest BCUT2D eigenvalue weighted by Crippen LogP contribution is -2.56. The average Bonchev–Trinajstić information content (AvgIpc) is 3.33. The largest absolute Gasteiger partial charge is 0.299 e. The van der Waals surface area contributed by atoms with Crippen molar-refractivity contribution in [2.75, 3.05) is 18.0 Å².